The van der Waals surface area contributed by atoms with E-state index in [2.05, 4.69) is 10.3 Å². The smallest absolute Gasteiger partial charge is 0.361 e. The number of para-hydroxylation sites is 1. The molecule has 1 aromatic heterocycles. The van der Waals surface area contributed by atoms with Crippen LogP contribution in [0, 0.1) is 0 Å². The predicted octanol–water partition coefficient (Wildman–Crippen LogP) is 5.39. The topological polar surface area (TPSA) is 65.2 Å². The van der Waals surface area contributed by atoms with Gasteiger partial charge in [0.1, 0.15) is 0 Å². The zero-order valence-electron chi connectivity index (χ0n) is 20.3. The molecule has 0 radical (unpaired) electrons. The van der Waals surface area contributed by atoms with E-state index in [-0.39, 0.29) is 43.2 Å². The number of nitrogens with one attached hydrogen (secondary N) is 2. The second kappa shape index (κ2) is 11.4. The lowest BCUT2D eigenvalue weighted by Crippen LogP contribution is -2.43. The third-order valence-electron chi connectivity index (χ3n) is 5.92. The molecular formula is C26H27F6N3O2. The lowest BCUT2D eigenvalue weighted by atomic mass is 9.95. The molecule has 1 heterocycles. The Morgan fingerprint density at radius 2 is 1.57 bits per heavy atom. The number of ketones is 1. The predicted molar refractivity (Wildman–Crippen MR) is 127 cm³/mol. The summed E-state index contributed by atoms with van der Waals surface area (Å²) >= 11 is 0. The second-order valence-corrected chi connectivity index (χ2v) is 9.12. The average Bonchev–Trinajstić information content (AvgIpc) is 3.22. The van der Waals surface area contributed by atoms with Gasteiger partial charge in [-0.3, -0.25) is 9.59 Å². The van der Waals surface area contributed by atoms with Crippen LogP contribution < -0.4 is 5.32 Å². The number of aromatic amines is 1. The van der Waals surface area contributed by atoms with Crippen LogP contribution in [0.3, 0.4) is 0 Å². The van der Waals surface area contributed by atoms with Gasteiger partial charge in [-0.15, -0.1) is 0 Å². The monoisotopic (exact) mass is 527 g/mol. The van der Waals surface area contributed by atoms with Crippen molar-refractivity contribution in [2.45, 2.75) is 44.1 Å². The van der Waals surface area contributed by atoms with Crippen LogP contribution in [0.1, 0.15) is 35.1 Å². The first-order valence-electron chi connectivity index (χ1n) is 11.5. The number of aromatic nitrogens is 1. The molecule has 0 spiro atoms. The van der Waals surface area contributed by atoms with E-state index in [1.807, 2.05) is 24.3 Å². The molecule has 5 nitrogen and oxygen atoms in total. The molecule has 0 bridgehead atoms. The number of alkyl halides is 6. The van der Waals surface area contributed by atoms with Crippen LogP contribution in [0.25, 0.3) is 10.9 Å². The van der Waals surface area contributed by atoms with Gasteiger partial charge >= 0.3 is 12.4 Å². The molecule has 1 atom stereocenters. The maximum Gasteiger partial charge on any atom is 0.416 e. The summed E-state index contributed by atoms with van der Waals surface area (Å²) in [6.45, 7) is 0.435. The average molecular weight is 528 g/mol. The number of H-pyrrole nitrogens is 1. The summed E-state index contributed by atoms with van der Waals surface area (Å²) < 4.78 is 79.1. The first kappa shape index (κ1) is 28.2. The Morgan fingerprint density at radius 3 is 2.16 bits per heavy atom. The van der Waals surface area contributed by atoms with Gasteiger partial charge in [-0.25, -0.2) is 0 Å². The molecule has 3 aromatic rings. The van der Waals surface area contributed by atoms with Gasteiger partial charge in [0.25, 0.3) is 0 Å². The molecule has 11 heteroatoms. The number of fused-ring (bicyclic) bond motifs is 1. The third-order valence-corrected chi connectivity index (χ3v) is 5.92. The highest BCUT2D eigenvalue weighted by atomic mass is 19.4. The Balaban J connectivity index is 1.82. The standard InChI is InChI=1S/C26H27F6N3O2/c1-35(2)10-9-24(37)34-22(13-17-15-33-21-6-4-3-5-20(17)21)23(36)8-7-16-11-18(25(27,28)29)14-19(12-16)26(30,31)32/h3-6,11-12,14-15,22,33H,7-10,13H2,1-2H3,(H,34,37). The molecule has 3 rings (SSSR count). The van der Waals surface area contributed by atoms with E-state index in [0.717, 1.165) is 16.5 Å². The van der Waals surface area contributed by atoms with Crippen molar-refractivity contribution in [2.24, 2.45) is 0 Å². The van der Waals surface area contributed by atoms with E-state index in [0.29, 0.717) is 18.7 Å². The molecule has 1 unspecified atom stereocenters. The molecule has 1 amide bonds. The number of carbonyl (C=O) groups excluding carboxylic acids is 2. The molecule has 0 aliphatic heterocycles. The molecule has 37 heavy (non-hydrogen) atoms. The van der Waals surface area contributed by atoms with Crippen molar-refractivity contribution in [1.82, 2.24) is 15.2 Å². The Hall–Kier alpha value is -3.34. The van der Waals surface area contributed by atoms with Crippen LogP contribution >= 0.6 is 0 Å². The number of Topliss-reactive ketones (excluding diaryl/α,β-unsaturated/α-hetero) is 1. The highest BCUT2D eigenvalue weighted by Crippen LogP contribution is 2.36. The SMILES string of the molecule is CN(C)CCC(=O)NC(Cc1c[nH]c2ccccc12)C(=O)CCc1cc(C(F)(F)F)cc(C(F)(F)F)c1. The summed E-state index contributed by atoms with van der Waals surface area (Å²) in [5.74, 6) is -0.875. The van der Waals surface area contributed by atoms with Crippen LogP contribution in [0.2, 0.25) is 0 Å². The van der Waals surface area contributed by atoms with Crippen LogP contribution in [0.4, 0.5) is 26.3 Å². The largest absolute Gasteiger partial charge is 0.416 e. The van der Waals surface area contributed by atoms with Gasteiger partial charge in [0.15, 0.2) is 5.78 Å². The van der Waals surface area contributed by atoms with Crippen molar-refractivity contribution in [1.29, 1.82) is 0 Å². The number of hydrogen-bond acceptors (Lipinski definition) is 3. The number of aryl methyl sites for hydroxylation is 1. The molecule has 0 fully saturated rings. The summed E-state index contributed by atoms with van der Waals surface area (Å²) in [6.07, 6.45) is -8.69. The molecule has 0 saturated carbocycles. The van der Waals surface area contributed by atoms with Crippen molar-refractivity contribution < 1.29 is 35.9 Å². The maximum absolute atomic E-state index is 13.2. The van der Waals surface area contributed by atoms with Crippen molar-refractivity contribution in [2.75, 3.05) is 20.6 Å². The molecule has 0 saturated heterocycles. The summed E-state index contributed by atoms with van der Waals surface area (Å²) in [7, 11) is 3.57. The Morgan fingerprint density at radius 1 is 0.946 bits per heavy atom. The lowest BCUT2D eigenvalue weighted by Gasteiger charge is -2.19. The Labute approximate surface area is 209 Å². The number of carbonyl (C=O) groups is 2. The lowest BCUT2D eigenvalue weighted by molar-refractivity contribution is -0.143. The number of hydrogen-bond donors (Lipinski definition) is 2. The first-order chi connectivity index (χ1) is 17.2. The van der Waals surface area contributed by atoms with Gasteiger partial charge in [-0.1, -0.05) is 18.2 Å². The van der Waals surface area contributed by atoms with Crippen molar-refractivity contribution in [3.63, 3.8) is 0 Å². The number of rotatable bonds is 10. The van der Waals surface area contributed by atoms with Crippen LogP contribution in [0.5, 0.6) is 0 Å². The van der Waals surface area contributed by atoms with E-state index in [4.69, 9.17) is 0 Å². The molecule has 0 aliphatic rings. The molecule has 200 valence electrons. The van der Waals surface area contributed by atoms with Crippen molar-refractivity contribution >= 4 is 22.6 Å². The summed E-state index contributed by atoms with van der Waals surface area (Å²) in [5, 5.41) is 3.54. The zero-order chi connectivity index (χ0) is 27.4. The summed E-state index contributed by atoms with van der Waals surface area (Å²) in [5.41, 5.74) is -1.55. The fraction of sp³-hybridized carbons (Fsp3) is 0.385. The third kappa shape index (κ3) is 7.82. The Bertz CT molecular complexity index is 1210. The van der Waals surface area contributed by atoms with E-state index in [1.54, 1.807) is 25.2 Å². The quantitative estimate of drug-likeness (QED) is 0.348. The fourth-order valence-corrected chi connectivity index (χ4v) is 3.96. The number of benzene rings is 2. The first-order valence-corrected chi connectivity index (χ1v) is 11.5. The van der Waals surface area contributed by atoms with E-state index < -0.39 is 35.3 Å². The van der Waals surface area contributed by atoms with Crippen molar-refractivity contribution in [3.8, 4) is 0 Å². The van der Waals surface area contributed by atoms with Crippen molar-refractivity contribution in [3.05, 3.63) is 70.9 Å². The number of nitrogens with zero attached hydrogens (tertiary/aromatic N) is 1. The summed E-state index contributed by atoms with van der Waals surface area (Å²) in [4.78, 5) is 30.5. The minimum Gasteiger partial charge on any atom is -0.361 e. The molecular weight excluding hydrogens is 500 g/mol. The number of amides is 1. The molecule has 2 aromatic carbocycles. The van der Waals surface area contributed by atoms with Gasteiger partial charge in [-0.2, -0.15) is 26.3 Å². The van der Waals surface area contributed by atoms with Crippen LogP contribution in [-0.2, 0) is 34.8 Å². The molecule has 0 aliphatic carbocycles. The van der Waals surface area contributed by atoms with E-state index in [1.165, 1.54) is 0 Å². The minimum atomic E-state index is -4.97. The van der Waals surface area contributed by atoms with Gasteiger partial charge in [0, 0.05) is 42.9 Å². The van der Waals surface area contributed by atoms with Gasteiger partial charge in [-0.05, 0) is 55.9 Å². The van der Waals surface area contributed by atoms with Crippen LogP contribution in [0.15, 0.2) is 48.7 Å². The summed E-state index contributed by atoms with van der Waals surface area (Å²) in [6, 6.07) is 7.63. The zero-order valence-corrected chi connectivity index (χ0v) is 20.3. The number of halogens is 6. The van der Waals surface area contributed by atoms with E-state index in [9.17, 15) is 35.9 Å². The maximum atomic E-state index is 13.2. The highest BCUT2D eigenvalue weighted by Gasteiger charge is 2.37. The Kier molecular flexibility index (Phi) is 8.68. The van der Waals surface area contributed by atoms with E-state index >= 15 is 0 Å². The van der Waals surface area contributed by atoms with Gasteiger partial charge < -0.3 is 15.2 Å². The van der Waals surface area contributed by atoms with Gasteiger partial charge in [0.2, 0.25) is 5.91 Å². The minimum absolute atomic E-state index is 0.0517. The second-order valence-electron chi connectivity index (χ2n) is 9.12. The van der Waals surface area contributed by atoms with Gasteiger partial charge in [0.05, 0.1) is 17.2 Å². The van der Waals surface area contributed by atoms with Crippen LogP contribution in [-0.4, -0.2) is 48.3 Å². The fourth-order valence-electron chi connectivity index (χ4n) is 3.96. The highest BCUT2D eigenvalue weighted by molar-refractivity contribution is 5.91. The normalized spacial score (nSPS) is 13.2. The molecule has 2 N–H and O–H groups in total.